The van der Waals surface area contributed by atoms with Crippen molar-refractivity contribution in [2.75, 3.05) is 27.2 Å². The number of ketones is 1. The van der Waals surface area contributed by atoms with Crippen LogP contribution in [0.5, 0.6) is 0 Å². The van der Waals surface area contributed by atoms with E-state index in [0.29, 0.717) is 37.3 Å². The Hall–Kier alpha value is -2.31. The smallest absolute Gasteiger partial charge is 0.410 e. The first-order valence-electron chi connectivity index (χ1n) is 8.91. The summed E-state index contributed by atoms with van der Waals surface area (Å²) in [4.78, 5) is 28.7. The number of hydrogen-bond donors (Lipinski definition) is 0. The van der Waals surface area contributed by atoms with Crippen LogP contribution in [-0.4, -0.2) is 59.6 Å². The Balaban J connectivity index is 2.05. The van der Waals surface area contributed by atoms with Gasteiger partial charge in [0.2, 0.25) is 0 Å². The first-order valence-corrected chi connectivity index (χ1v) is 8.91. The molecule has 7 heteroatoms. The summed E-state index contributed by atoms with van der Waals surface area (Å²) in [5, 5.41) is 3.89. The predicted octanol–water partition coefficient (Wildman–Crippen LogP) is 3.10. The van der Waals surface area contributed by atoms with Crippen molar-refractivity contribution in [1.82, 2.24) is 15.0 Å². The standard InChI is InChI=1S/C19H29N3O4/c1-13-11-16(26-20-13)15(12-21(5)6)17(23)14-7-9-22(10-8-14)18(24)25-19(2,3)4/h11-12,14H,7-10H2,1-6H3. The van der Waals surface area contributed by atoms with E-state index >= 15 is 0 Å². The molecular formula is C19H29N3O4. The van der Waals surface area contributed by atoms with Crippen LogP contribution in [0.4, 0.5) is 4.79 Å². The number of rotatable bonds is 4. The molecule has 0 atom stereocenters. The topological polar surface area (TPSA) is 75.9 Å². The lowest BCUT2D eigenvalue weighted by molar-refractivity contribution is -0.118. The average Bonchev–Trinajstić information content (AvgIpc) is 2.96. The molecule has 0 saturated carbocycles. The Labute approximate surface area is 154 Å². The first-order chi connectivity index (χ1) is 12.1. The third kappa shape index (κ3) is 5.34. The van der Waals surface area contributed by atoms with Crippen LogP contribution >= 0.6 is 0 Å². The maximum atomic E-state index is 13.0. The van der Waals surface area contributed by atoms with E-state index in [1.54, 1.807) is 17.2 Å². The summed E-state index contributed by atoms with van der Waals surface area (Å²) in [6, 6.07) is 1.77. The van der Waals surface area contributed by atoms with Crippen molar-refractivity contribution in [2.24, 2.45) is 5.92 Å². The zero-order valence-electron chi connectivity index (χ0n) is 16.5. The normalized spacial score (nSPS) is 16.5. The molecule has 1 saturated heterocycles. The number of piperidine rings is 1. The van der Waals surface area contributed by atoms with Crippen LogP contribution in [0, 0.1) is 12.8 Å². The highest BCUT2D eigenvalue weighted by atomic mass is 16.6. The van der Waals surface area contributed by atoms with Gasteiger partial charge in [-0.2, -0.15) is 0 Å². The Bertz CT molecular complexity index is 677. The number of nitrogens with zero attached hydrogens (tertiary/aromatic N) is 3. The number of ether oxygens (including phenoxy) is 1. The van der Waals surface area contributed by atoms with E-state index in [0.717, 1.165) is 5.69 Å². The van der Waals surface area contributed by atoms with Crippen molar-refractivity contribution in [1.29, 1.82) is 0 Å². The van der Waals surface area contributed by atoms with Crippen molar-refractivity contribution in [3.8, 4) is 0 Å². The second-order valence-corrected chi connectivity index (χ2v) is 7.94. The Morgan fingerprint density at radius 3 is 2.38 bits per heavy atom. The second-order valence-electron chi connectivity index (χ2n) is 7.94. The summed E-state index contributed by atoms with van der Waals surface area (Å²) in [6.07, 6.45) is 2.66. The van der Waals surface area contributed by atoms with Crippen LogP contribution in [-0.2, 0) is 9.53 Å². The van der Waals surface area contributed by atoms with Gasteiger partial charge < -0.3 is 19.1 Å². The molecule has 26 heavy (non-hydrogen) atoms. The molecule has 1 aliphatic heterocycles. The summed E-state index contributed by atoms with van der Waals surface area (Å²) in [7, 11) is 3.73. The summed E-state index contributed by atoms with van der Waals surface area (Å²) >= 11 is 0. The first kappa shape index (κ1) is 20.0. The van der Waals surface area contributed by atoms with E-state index in [-0.39, 0.29) is 17.8 Å². The summed E-state index contributed by atoms with van der Waals surface area (Å²) in [6.45, 7) is 8.38. The molecule has 0 spiro atoms. The van der Waals surface area contributed by atoms with Crippen molar-refractivity contribution in [3.05, 3.63) is 23.7 Å². The molecule has 2 rings (SSSR count). The van der Waals surface area contributed by atoms with Gasteiger partial charge in [-0.3, -0.25) is 4.79 Å². The van der Waals surface area contributed by atoms with Crippen molar-refractivity contribution in [3.63, 3.8) is 0 Å². The predicted molar refractivity (Wildman–Crippen MR) is 98.4 cm³/mol. The van der Waals surface area contributed by atoms with Crippen LogP contribution in [0.25, 0.3) is 5.57 Å². The molecule has 7 nitrogen and oxygen atoms in total. The molecule has 0 N–H and O–H groups in total. The quantitative estimate of drug-likeness (QED) is 0.765. The van der Waals surface area contributed by atoms with Gasteiger partial charge in [-0.1, -0.05) is 5.16 Å². The minimum absolute atomic E-state index is 0.0266. The number of aromatic nitrogens is 1. The van der Waals surface area contributed by atoms with Gasteiger partial charge in [0.15, 0.2) is 11.5 Å². The van der Waals surface area contributed by atoms with E-state index in [1.165, 1.54) is 0 Å². The van der Waals surface area contributed by atoms with Gasteiger partial charge >= 0.3 is 6.09 Å². The van der Waals surface area contributed by atoms with Crippen LogP contribution in [0.15, 0.2) is 16.8 Å². The van der Waals surface area contributed by atoms with E-state index in [1.807, 2.05) is 46.7 Å². The van der Waals surface area contributed by atoms with Crippen molar-refractivity contribution >= 4 is 17.4 Å². The maximum absolute atomic E-state index is 13.0. The zero-order valence-corrected chi connectivity index (χ0v) is 16.5. The van der Waals surface area contributed by atoms with Gasteiger partial charge in [-0.25, -0.2) is 4.79 Å². The molecule has 0 aliphatic carbocycles. The van der Waals surface area contributed by atoms with Gasteiger partial charge in [-0.05, 0) is 40.5 Å². The maximum Gasteiger partial charge on any atom is 0.410 e. The number of aryl methyl sites for hydroxylation is 1. The Morgan fingerprint density at radius 2 is 1.92 bits per heavy atom. The zero-order chi connectivity index (χ0) is 19.5. The minimum atomic E-state index is -0.518. The molecule has 1 amide bonds. The lowest BCUT2D eigenvalue weighted by atomic mass is 9.88. The summed E-state index contributed by atoms with van der Waals surface area (Å²) in [5.74, 6) is 0.361. The molecular weight excluding hydrogens is 334 g/mol. The molecule has 1 aromatic rings. The average molecular weight is 363 g/mol. The van der Waals surface area contributed by atoms with Crippen LogP contribution in [0.3, 0.4) is 0 Å². The SMILES string of the molecule is Cc1cc(C(=CN(C)C)C(=O)C2CCN(C(=O)OC(C)(C)C)CC2)on1. The minimum Gasteiger partial charge on any atom is -0.444 e. The number of Topliss-reactive ketones (excluding diaryl/α,β-unsaturated/α-hetero) is 1. The third-order valence-corrected chi connectivity index (χ3v) is 4.06. The molecule has 0 aromatic carbocycles. The molecule has 1 fully saturated rings. The number of likely N-dealkylation sites (tertiary alicyclic amines) is 1. The lowest BCUT2D eigenvalue weighted by Gasteiger charge is -2.33. The molecule has 0 unspecified atom stereocenters. The van der Waals surface area contributed by atoms with Gasteiger partial charge in [0.1, 0.15) is 5.60 Å². The third-order valence-electron chi connectivity index (χ3n) is 4.06. The number of hydrogen-bond acceptors (Lipinski definition) is 6. The Morgan fingerprint density at radius 1 is 1.31 bits per heavy atom. The molecule has 1 aliphatic rings. The molecule has 144 valence electrons. The number of amides is 1. The highest BCUT2D eigenvalue weighted by Gasteiger charge is 2.32. The number of carbonyl (C=O) groups is 2. The van der Waals surface area contributed by atoms with Crippen LogP contribution < -0.4 is 0 Å². The van der Waals surface area contributed by atoms with Gasteiger partial charge in [0.25, 0.3) is 0 Å². The fourth-order valence-corrected chi connectivity index (χ4v) is 2.87. The summed E-state index contributed by atoms with van der Waals surface area (Å²) in [5.41, 5.74) is 0.735. The largest absolute Gasteiger partial charge is 0.444 e. The fourth-order valence-electron chi connectivity index (χ4n) is 2.87. The molecule has 0 bridgehead atoms. The molecule has 2 heterocycles. The summed E-state index contributed by atoms with van der Waals surface area (Å²) < 4.78 is 10.7. The van der Waals surface area contributed by atoms with Crippen LogP contribution in [0.2, 0.25) is 0 Å². The van der Waals surface area contributed by atoms with Gasteiger partial charge in [-0.15, -0.1) is 0 Å². The van der Waals surface area contributed by atoms with Gasteiger partial charge in [0, 0.05) is 45.4 Å². The number of carbonyl (C=O) groups excluding carboxylic acids is 2. The fraction of sp³-hybridized carbons (Fsp3) is 0.632. The Kier molecular flexibility index (Phi) is 6.10. The van der Waals surface area contributed by atoms with E-state index < -0.39 is 5.60 Å². The monoisotopic (exact) mass is 363 g/mol. The van der Waals surface area contributed by atoms with Crippen molar-refractivity contribution < 1.29 is 18.8 Å². The van der Waals surface area contributed by atoms with Crippen molar-refractivity contribution in [2.45, 2.75) is 46.1 Å². The van der Waals surface area contributed by atoms with E-state index in [9.17, 15) is 9.59 Å². The molecule has 1 aromatic heterocycles. The van der Waals surface area contributed by atoms with E-state index in [4.69, 9.17) is 9.26 Å². The van der Waals surface area contributed by atoms with Crippen LogP contribution in [0.1, 0.15) is 45.1 Å². The second kappa shape index (κ2) is 7.93. The molecule has 0 radical (unpaired) electrons. The number of allylic oxidation sites excluding steroid dienone is 1. The highest BCUT2D eigenvalue weighted by molar-refractivity contribution is 6.20. The van der Waals surface area contributed by atoms with E-state index in [2.05, 4.69) is 5.16 Å². The highest BCUT2D eigenvalue weighted by Crippen LogP contribution is 2.27. The lowest BCUT2D eigenvalue weighted by Crippen LogP contribution is -2.43. The van der Waals surface area contributed by atoms with Gasteiger partial charge in [0.05, 0.1) is 11.3 Å².